The molecule has 1 aromatic rings. The molecule has 0 heterocycles. The molecule has 7 nitrogen and oxygen atoms in total. The Labute approximate surface area is 140 Å². The van der Waals surface area contributed by atoms with Crippen molar-refractivity contribution in [3.63, 3.8) is 0 Å². The van der Waals surface area contributed by atoms with Crippen molar-refractivity contribution < 1.29 is 28.0 Å². The van der Waals surface area contributed by atoms with Gasteiger partial charge in [0.15, 0.2) is 11.5 Å². The SMILES string of the molecule is CCCOP(=O)(OCC)Oc1c(CO)cc(C)cc1OC.NP. The van der Waals surface area contributed by atoms with Crippen LogP contribution in [-0.4, -0.2) is 25.4 Å². The third kappa shape index (κ3) is 7.17. The van der Waals surface area contributed by atoms with E-state index in [2.05, 4.69) is 5.50 Å². The van der Waals surface area contributed by atoms with Gasteiger partial charge in [0.1, 0.15) is 0 Å². The normalized spacial score (nSPS) is 12.8. The van der Waals surface area contributed by atoms with Crippen LogP contribution in [-0.2, 0) is 20.2 Å². The monoisotopic (exact) mass is 367 g/mol. The number of methoxy groups -OCH3 is 1. The van der Waals surface area contributed by atoms with E-state index in [4.69, 9.17) is 18.3 Å². The number of hydrogen-bond acceptors (Lipinski definition) is 7. The Morgan fingerprint density at radius 2 is 1.91 bits per heavy atom. The van der Waals surface area contributed by atoms with E-state index >= 15 is 0 Å². The maximum absolute atomic E-state index is 12.6. The van der Waals surface area contributed by atoms with Crippen molar-refractivity contribution in [3.8, 4) is 11.5 Å². The van der Waals surface area contributed by atoms with Gasteiger partial charge in [-0.3, -0.25) is 9.05 Å². The standard InChI is InChI=1S/C14H23O6P.H4NP/c1-5-7-19-21(16,18-6-2)20-14-12(10-15)8-11(3)9-13(14)17-4;1-2/h8-9,15H,5-7,10H2,1-4H3;1-2H2. The first kappa shape index (κ1) is 22.3. The number of phosphoric acid groups is 1. The molecule has 0 bridgehead atoms. The third-order valence-electron chi connectivity index (χ3n) is 2.61. The Bertz CT molecular complexity index is 487. The molecule has 134 valence electrons. The molecular weight excluding hydrogens is 340 g/mol. The predicted octanol–water partition coefficient (Wildman–Crippen LogP) is 3.18. The van der Waals surface area contributed by atoms with Gasteiger partial charge in [-0.1, -0.05) is 16.3 Å². The van der Waals surface area contributed by atoms with Crippen molar-refractivity contribution in [1.29, 1.82) is 0 Å². The largest absolute Gasteiger partial charge is 0.530 e. The minimum absolute atomic E-state index is 0.179. The highest BCUT2D eigenvalue weighted by atomic mass is 31.2. The maximum Gasteiger partial charge on any atom is 0.530 e. The third-order valence-corrected chi connectivity index (χ3v) is 4.09. The zero-order valence-corrected chi connectivity index (χ0v) is 16.1. The number of aryl methyl sites for hydroxylation is 1. The molecule has 9 heteroatoms. The lowest BCUT2D eigenvalue weighted by Gasteiger charge is -2.21. The molecule has 0 saturated carbocycles. The first-order valence-corrected chi connectivity index (χ1v) is 9.32. The van der Waals surface area contributed by atoms with Crippen LogP contribution in [0, 0.1) is 6.92 Å². The summed E-state index contributed by atoms with van der Waals surface area (Å²) in [5.41, 5.74) is 5.77. The van der Waals surface area contributed by atoms with Crippen LogP contribution in [0.5, 0.6) is 11.5 Å². The van der Waals surface area contributed by atoms with Crippen LogP contribution in [0.15, 0.2) is 12.1 Å². The molecule has 0 aliphatic heterocycles. The second-order valence-electron chi connectivity index (χ2n) is 4.40. The molecule has 2 atom stereocenters. The topological polar surface area (TPSA) is 100 Å². The van der Waals surface area contributed by atoms with E-state index in [0.717, 1.165) is 5.56 Å². The lowest BCUT2D eigenvalue weighted by molar-refractivity contribution is 0.158. The minimum atomic E-state index is -3.74. The van der Waals surface area contributed by atoms with E-state index < -0.39 is 7.82 Å². The van der Waals surface area contributed by atoms with Gasteiger partial charge in [0.2, 0.25) is 0 Å². The van der Waals surface area contributed by atoms with Crippen LogP contribution in [0.3, 0.4) is 0 Å². The fourth-order valence-electron chi connectivity index (χ4n) is 1.75. The van der Waals surface area contributed by atoms with Crippen LogP contribution >= 0.6 is 17.2 Å². The fourth-order valence-corrected chi connectivity index (χ4v) is 3.08. The smallest absolute Gasteiger partial charge is 0.493 e. The zero-order chi connectivity index (χ0) is 17.9. The van der Waals surface area contributed by atoms with E-state index in [1.54, 1.807) is 19.1 Å². The number of phosphoric ester groups is 1. The van der Waals surface area contributed by atoms with Gasteiger partial charge in [0.25, 0.3) is 0 Å². The summed E-state index contributed by atoms with van der Waals surface area (Å²) in [7, 11) is -0.354. The van der Waals surface area contributed by atoms with Crippen molar-refractivity contribution in [3.05, 3.63) is 23.3 Å². The van der Waals surface area contributed by atoms with E-state index in [1.807, 2.05) is 23.2 Å². The molecule has 0 aliphatic rings. The van der Waals surface area contributed by atoms with Gasteiger partial charge in [-0.05, 0) is 38.0 Å². The number of aliphatic hydroxyl groups is 1. The first-order chi connectivity index (χ1) is 11.0. The van der Waals surface area contributed by atoms with Gasteiger partial charge in [0.05, 0.1) is 26.9 Å². The molecule has 0 radical (unpaired) electrons. The average Bonchev–Trinajstić information content (AvgIpc) is 2.56. The lowest BCUT2D eigenvalue weighted by Crippen LogP contribution is -2.06. The van der Waals surface area contributed by atoms with Crippen LogP contribution in [0.25, 0.3) is 0 Å². The minimum Gasteiger partial charge on any atom is -0.493 e. The Morgan fingerprint density at radius 3 is 2.39 bits per heavy atom. The Hall–Kier alpha value is -0.680. The Kier molecular flexibility index (Phi) is 11.4. The molecule has 1 aromatic carbocycles. The van der Waals surface area contributed by atoms with Gasteiger partial charge in [-0.2, -0.15) is 0 Å². The molecular formula is C14H27NO6P2. The number of rotatable bonds is 9. The van der Waals surface area contributed by atoms with E-state index in [0.29, 0.717) is 17.7 Å². The van der Waals surface area contributed by atoms with Crippen LogP contribution in [0.2, 0.25) is 0 Å². The average molecular weight is 367 g/mol. The molecule has 0 aromatic heterocycles. The summed E-state index contributed by atoms with van der Waals surface area (Å²) in [5.74, 6) is 0.553. The molecule has 1 rings (SSSR count). The quantitative estimate of drug-likeness (QED) is 0.647. The van der Waals surface area contributed by atoms with Crippen molar-refractivity contribution in [2.24, 2.45) is 5.50 Å². The van der Waals surface area contributed by atoms with Crippen molar-refractivity contribution in [1.82, 2.24) is 0 Å². The number of hydrogen-bond donors (Lipinski definition) is 2. The lowest BCUT2D eigenvalue weighted by atomic mass is 10.1. The molecule has 3 N–H and O–H groups in total. The highest BCUT2D eigenvalue weighted by Gasteiger charge is 2.30. The summed E-state index contributed by atoms with van der Waals surface area (Å²) in [5, 5.41) is 9.46. The molecule has 23 heavy (non-hydrogen) atoms. The van der Waals surface area contributed by atoms with E-state index in [-0.39, 0.29) is 25.6 Å². The Balaban J connectivity index is 0.00000232. The molecule has 0 spiro atoms. The van der Waals surface area contributed by atoms with Crippen molar-refractivity contribution in [2.45, 2.75) is 33.8 Å². The summed E-state index contributed by atoms with van der Waals surface area (Å²) in [6.45, 7) is 5.62. The summed E-state index contributed by atoms with van der Waals surface area (Å²) >= 11 is 0. The number of nitrogens with two attached hydrogens (primary N) is 1. The second kappa shape index (κ2) is 11.8. The highest BCUT2D eigenvalue weighted by Crippen LogP contribution is 2.52. The molecule has 2 unspecified atom stereocenters. The van der Waals surface area contributed by atoms with Crippen LogP contribution < -0.4 is 14.8 Å². The van der Waals surface area contributed by atoms with Crippen LogP contribution in [0.4, 0.5) is 0 Å². The van der Waals surface area contributed by atoms with Gasteiger partial charge in [0, 0.05) is 5.56 Å². The Morgan fingerprint density at radius 1 is 1.26 bits per heavy atom. The predicted molar refractivity (Wildman–Crippen MR) is 93.7 cm³/mol. The fraction of sp³-hybridized carbons (Fsp3) is 0.571. The molecule has 0 saturated heterocycles. The summed E-state index contributed by atoms with van der Waals surface area (Å²) < 4.78 is 33.6. The molecule has 0 fully saturated rings. The molecule has 0 aliphatic carbocycles. The molecule has 0 amide bonds. The summed E-state index contributed by atoms with van der Waals surface area (Å²) in [6, 6.07) is 3.46. The first-order valence-electron chi connectivity index (χ1n) is 7.20. The van der Waals surface area contributed by atoms with E-state index in [9.17, 15) is 9.67 Å². The summed E-state index contributed by atoms with van der Waals surface area (Å²) in [4.78, 5) is 0. The maximum atomic E-state index is 12.6. The van der Waals surface area contributed by atoms with E-state index in [1.165, 1.54) is 7.11 Å². The number of ether oxygens (including phenoxy) is 1. The summed E-state index contributed by atoms with van der Waals surface area (Å²) in [6.07, 6.45) is 0.679. The van der Waals surface area contributed by atoms with Gasteiger partial charge in [-0.15, -0.1) is 0 Å². The van der Waals surface area contributed by atoms with Gasteiger partial charge >= 0.3 is 7.82 Å². The highest BCUT2D eigenvalue weighted by molar-refractivity contribution is 7.48. The van der Waals surface area contributed by atoms with Crippen molar-refractivity contribution >= 4 is 17.2 Å². The van der Waals surface area contributed by atoms with Gasteiger partial charge in [-0.25, -0.2) is 4.57 Å². The zero-order valence-electron chi connectivity index (χ0n) is 14.1. The second-order valence-corrected chi connectivity index (χ2v) is 6.00. The van der Waals surface area contributed by atoms with Crippen molar-refractivity contribution in [2.75, 3.05) is 20.3 Å². The van der Waals surface area contributed by atoms with Gasteiger partial charge < -0.3 is 19.9 Å². The number of aliphatic hydroxyl groups excluding tert-OH is 1. The number of benzene rings is 1. The van der Waals surface area contributed by atoms with Crippen LogP contribution in [0.1, 0.15) is 31.4 Å².